The Morgan fingerprint density at radius 3 is 1.24 bits per heavy atom. The van der Waals surface area contributed by atoms with Gasteiger partial charge in [-0.2, -0.15) is 5.26 Å². The van der Waals surface area contributed by atoms with Gasteiger partial charge in [0.25, 0.3) is 0 Å². The van der Waals surface area contributed by atoms with Crippen LogP contribution >= 0.6 is 12.1 Å². The quantitative estimate of drug-likeness (QED) is 0.177. The summed E-state index contributed by atoms with van der Waals surface area (Å²) in [7, 11) is 104. The molecule has 2 bridgehead atoms. The number of nitrogens with zero attached hydrogens (tertiary/aromatic N) is 1. The average Bonchev–Trinajstić information content (AvgIpc) is 3.35. The van der Waals surface area contributed by atoms with Gasteiger partial charge in [-0.3, -0.25) is 0 Å². The van der Waals surface area contributed by atoms with E-state index in [-0.39, 0.29) is 0 Å². The van der Waals surface area contributed by atoms with Gasteiger partial charge in [-0.25, -0.2) is 0 Å². The fourth-order valence-corrected chi connectivity index (χ4v) is 8.97. The van der Waals surface area contributed by atoms with Crippen molar-refractivity contribution in [2.24, 2.45) is 0 Å². The SMILES string of the molecule is N#Cc1ccc2c(c1)C1CCCC2CC1.[B]B([B])B([B])B(B([B])[B])B(B(B=S)B(B(B([B])[B])B([B])[B])B(B([B])[B])B([B])[B])B(B([B])[B])B([B])[B]. The van der Waals surface area contributed by atoms with Crippen molar-refractivity contribution in [3.63, 3.8) is 0 Å². The van der Waals surface area contributed by atoms with Crippen LogP contribution in [0.25, 0.3) is 0 Å². The monoisotopic (exact) mass is 603 g/mol. The van der Waals surface area contributed by atoms with Gasteiger partial charge in [0.05, 0.1) is 11.6 Å². The molecule has 0 aliphatic heterocycles. The van der Waals surface area contributed by atoms with E-state index in [4.69, 9.17) is 149 Å². The second-order valence-electron chi connectivity index (χ2n) is 14.2. The van der Waals surface area contributed by atoms with Crippen molar-refractivity contribution in [1.82, 2.24) is 0 Å². The Morgan fingerprint density at radius 2 is 0.900 bits per heavy atom. The van der Waals surface area contributed by atoms with Crippen LogP contribution in [0.15, 0.2) is 18.2 Å². The fraction of sp³-hybridized carbons (Fsp3) is 0.500. The Kier molecular flexibility index (Phi) is 20.8. The fourth-order valence-electron chi connectivity index (χ4n) is 8.61. The number of fused-ring (bicyclic) bond motifs is 3. The number of hydrogen-bond donors (Lipinski definition) is 0. The Hall–Kier alpha value is 1.14. The molecule has 0 amide bonds. The van der Waals surface area contributed by atoms with Gasteiger partial charge in [-0.15, -0.1) is 0 Å². The Morgan fingerprint density at radius 1 is 0.520 bits per heavy atom. The van der Waals surface area contributed by atoms with Crippen molar-refractivity contribution in [1.29, 1.82) is 5.26 Å². The first-order valence-corrected chi connectivity index (χ1v) is 17.6. The van der Waals surface area contributed by atoms with Crippen LogP contribution < -0.4 is 0 Å². The van der Waals surface area contributed by atoms with Crippen LogP contribution in [0.1, 0.15) is 60.6 Å². The minimum absolute atomic E-state index is 0.743. The van der Waals surface area contributed by atoms with Crippen LogP contribution in [0.4, 0.5) is 0 Å². The van der Waals surface area contributed by atoms with Crippen molar-refractivity contribution >= 4 is 252 Å². The van der Waals surface area contributed by atoms with Crippen molar-refractivity contribution in [2.75, 3.05) is 0 Å². The molecule has 1 fully saturated rings. The van der Waals surface area contributed by atoms with Crippen molar-refractivity contribution in [3.8, 4) is 6.07 Å². The molecule has 3 aliphatic rings. The summed E-state index contributed by atoms with van der Waals surface area (Å²) >= 11 is 5.46. The summed E-state index contributed by atoms with van der Waals surface area (Å²) in [4.78, 5) is 0. The summed E-state index contributed by atoms with van der Waals surface area (Å²) in [6, 6.07) is 9.97. The second kappa shape index (κ2) is 22.0. The van der Waals surface area contributed by atoms with Crippen LogP contribution in [0.3, 0.4) is 0 Å². The van der Waals surface area contributed by atoms with Crippen LogP contribution in [0.2, 0.25) is 0 Å². The van der Waals surface area contributed by atoms with E-state index in [0.717, 1.165) is 17.4 Å². The molecule has 2 unspecified atom stereocenters. The van der Waals surface area contributed by atoms with Gasteiger partial charge < -0.3 is 0 Å². The number of rotatable bonds is 16. The summed E-state index contributed by atoms with van der Waals surface area (Å²) in [6.07, 6.45) is -8.95. The molecule has 184 valence electrons. The molecule has 50 heavy (non-hydrogen) atoms. The zero-order valence-electron chi connectivity index (χ0n) is 28.9. The maximum absolute atomic E-state index is 8.93. The normalized spacial score (nSPS) is 14.9. The molecule has 0 spiro atoms. The number of benzene rings is 1. The van der Waals surface area contributed by atoms with E-state index in [1.165, 1.54) is 43.7 Å². The van der Waals surface area contributed by atoms with Gasteiger partial charge in [0.15, 0.2) is 0 Å². The van der Waals surface area contributed by atoms with Gasteiger partial charge in [0, 0.05) is 0 Å². The van der Waals surface area contributed by atoms with Crippen LogP contribution in [-0.4, -0.2) is 240 Å². The van der Waals surface area contributed by atoms with Gasteiger partial charge in [0.1, 0.15) is 0 Å². The Labute approximate surface area is 339 Å². The molecule has 1 saturated carbocycles. The van der Waals surface area contributed by atoms with E-state index in [0.29, 0.717) is 0 Å². The van der Waals surface area contributed by atoms with Gasteiger partial charge in [0.2, 0.25) is 0 Å². The first kappa shape index (κ1) is 47.3. The van der Waals surface area contributed by atoms with Crippen LogP contribution in [0.5, 0.6) is 0 Å². The molecule has 3 aliphatic carbocycles. The molecule has 0 N–H and O–H groups in total. The summed E-state index contributed by atoms with van der Waals surface area (Å²) in [6.45, 7) is 0. The first-order chi connectivity index (χ1) is 23.3. The van der Waals surface area contributed by atoms with Crippen molar-refractivity contribution < 1.29 is 0 Å². The molecular weight excluding hydrogens is 582 g/mol. The molecule has 0 aromatic heterocycles. The molecule has 0 heterocycles. The van der Waals surface area contributed by atoms with E-state index >= 15 is 0 Å². The maximum atomic E-state index is 8.93. The second-order valence-corrected chi connectivity index (χ2v) is 14.5. The number of nitriles is 1. The molecular formula is C14H15B34NS. The molecule has 34 radical (unpaired) electrons. The zero-order valence-corrected chi connectivity index (χ0v) is 29.7. The van der Waals surface area contributed by atoms with Gasteiger partial charge >= 0.3 is 252 Å². The third-order valence-electron chi connectivity index (χ3n) is 10.9. The molecule has 1 aromatic carbocycles. The third kappa shape index (κ3) is 12.1. The summed E-state index contributed by atoms with van der Waals surface area (Å²) in [5, 5.41) is 8.93. The van der Waals surface area contributed by atoms with E-state index in [1.54, 1.807) is 5.56 Å². The predicted octanol–water partition coefficient (Wildman–Crippen LogP) is -8.60. The van der Waals surface area contributed by atoms with Gasteiger partial charge in [-0.05, 0) is 60.8 Å². The van der Waals surface area contributed by atoms with Gasteiger partial charge in [-0.1, -0.05) is 12.5 Å². The summed E-state index contributed by atoms with van der Waals surface area (Å²) in [5.41, 5.74) is 3.87. The average molecular weight is 597 g/mol. The standard InChI is InChI=1S/C14H15N.B34S/c15-9-10-4-7-13-11-2-1-3-12(6-5-11)14(13)8-10;1-19(2)27(17)32(26(15)16)34(31(24(11)12)25(13)14)28(18-35)33(29(20(3)4)21(5)6)30(22(7)8)23(9)10/h4,7-8,11-12H,1-3,5-6H2;. The topological polar surface area (TPSA) is 23.8 Å². The first-order valence-electron chi connectivity index (χ1n) is 17.2. The molecule has 36 heteroatoms. The van der Waals surface area contributed by atoms with Crippen LogP contribution in [-0.2, 0) is 0 Å². The summed E-state index contributed by atoms with van der Waals surface area (Å²) in [5.74, 6) is 1.53. The minimum atomic E-state index is -1.10. The van der Waals surface area contributed by atoms with E-state index in [1.807, 2.05) is 6.07 Å². The molecule has 4 rings (SSSR count). The molecule has 1 nitrogen and oxygen atoms in total. The Bertz CT molecular complexity index is 1170. The van der Waals surface area contributed by atoms with Crippen LogP contribution in [0, 0.1) is 11.3 Å². The molecule has 2 atom stereocenters. The van der Waals surface area contributed by atoms with E-state index in [9.17, 15) is 0 Å². The third-order valence-corrected chi connectivity index (χ3v) is 11.2. The molecule has 1 aromatic rings. The molecule has 0 saturated heterocycles. The zero-order chi connectivity index (χ0) is 38.2. The Balaban J connectivity index is 0.000000468. The van der Waals surface area contributed by atoms with E-state index < -0.39 is 102 Å². The van der Waals surface area contributed by atoms with Crippen molar-refractivity contribution in [2.45, 2.75) is 43.9 Å². The summed E-state index contributed by atoms with van der Waals surface area (Å²) < 4.78 is 0. The number of hydrogen-bond acceptors (Lipinski definition) is 2. The van der Waals surface area contributed by atoms with Crippen molar-refractivity contribution in [3.05, 3.63) is 34.9 Å². The predicted molar refractivity (Wildman–Crippen MR) is 263 cm³/mol. The van der Waals surface area contributed by atoms with E-state index in [2.05, 4.69) is 18.2 Å².